The predicted octanol–water partition coefficient (Wildman–Crippen LogP) is 5.18. The van der Waals surface area contributed by atoms with Gasteiger partial charge in [-0.3, -0.25) is 0 Å². The van der Waals surface area contributed by atoms with Crippen LogP contribution in [0.2, 0.25) is 10.0 Å². The zero-order valence-electron chi connectivity index (χ0n) is 12.1. The molecule has 0 radical (unpaired) electrons. The van der Waals surface area contributed by atoms with Gasteiger partial charge in [0.2, 0.25) is 0 Å². The Morgan fingerprint density at radius 2 is 1.76 bits per heavy atom. The van der Waals surface area contributed by atoms with Gasteiger partial charge < -0.3 is 14.8 Å². The Morgan fingerprint density at radius 1 is 1.00 bits per heavy atom. The summed E-state index contributed by atoms with van der Waals surface area (Å²) < 4.78 is 10.7. The molecule has 2 aromatic carbocycles. The van der Waals surface area contributed by atoms with Crippen molar-refractivity contribution in [3.63, 3.8) is 0 Å². The first-order valence-corrected chi connectivity index (χ1v) is 7.24. The van der Waals surface area contributed by atoms with Crippen LogP contribution in [0.3, 0.4) is 0 Å². The lowest BCUT2D eigenvalue weighted by atomic mass is 10.1. The minimum Gasteiger partial charge on any atom is -0.497 e. The first kappa shape index (κ1) is 15.8. The number of halogens is 2. The first-order valence-electron chi connectivity index (χ1n) is 6.48. The van der Waals surface area contributed by atoms with Gasteiger partial charge in [0.15, 0.2) is 0 Å². The molecule has 112 valence electrons. The monoisotopic (exact) mass is 325 g/mol. The van der Waals surface area contributed by atoms with Crippen LogP contribution in [-0.4, -0.2) is 14.2 Å². The molecule has 3 nitrogen and oxygen atoms in total. The van der Waals surface area contributed by atoms with E-state index in [1.165, 1.54) is 0 Å². The van der Waals surface area contributed by atoms with Crippen LogP contribution in [0.15, 0.2) is 36.4 Å². The van der Waals surface area contributed by atoms with E-state index in [0.717, 1.165) is 22.7 Å². The smallest absolute Gasteiger partial charge is 0.124 e. The molecule has 21 heavy (non-hydrogen) atoms. The molecule has 0 fully saturated rings. The van der Waals surface area contributed by atoms with Crippen molar-refractivity contribution in [1.82, 2.24) is 0 Å². The maximum Gasteiger partial charge on any atom is 0.124 e. The summed E-state index contributed by atoms with van der Waals surface area (Å²) in [6, 6.07) is 11.1. The fourth-order valence-electron chi connectivity index (χ4n) is 2.10. The van der Waals surface area contributed by atoms with Crippen LogP contribution in [0.5, 0.6) is 11.5 Å². The summed E-state index contributed by atoms with van der Waals surface area (Å²) in [5.74, 6) is 1.57. The standard InChI is InChI=1S/C16H17Cl2NO2/c1-10(19-15-6-4-11(17)8-14(15)18)13-9-12(20-2)5-7-16(13)21-3/h4-10,19H,1-3H3. The molecule has 0 saturated carbocycles. The molecule has 1 atom stereocenters. The van der Waals surface area contributed by atoms with E-state index in [-0.39, 0.29) is 6.04 Å². The lowest BCUT2D eigenvalue weighted by Gasteiger charge is -2.20. The molecule has 1 N–H and O–H groups in total. The summed E-state index contributed by atoms with van der Waals surface area (Å²) in [6.45, 7) is 2.03. The quantitative estimate of drug-likeness (QED) is 0.821. The van der Waals surface area contributed by atoms with E-state index in [0.29, 0.717) is 10.0 Å². The van der Waals surface area contributed by atoms with Crippen molar-refractivity contribution in [2.45, 2.75) is 13.0 Å². The van der Waals surface area contributed by atoms with Crippen molar-refractivity contribution in [2.24, 2.45) is 0 Å². The van der Waals surface area contributed by atoms with Gasteiger partial charge in [-0.15, -0.1) is 0 Å². The third-order valence-electron chi connectivity index (χ3n) is 3.21. The minimum atomic E-state index is -0.00581. The van der Waals surface area contributed by atoms with Crippen LogP contribution in [0, 0.1) is 0 Å². The molecule has 2 aromatic rings. The third-order valence-corrected chi connectivity index (χ3v) is 3.75. The molecule has 1 unspecified atom stereocenters. The Bertz CT molecular complexity index is 632. The topological polar surface area (TPSA) is 30.5 Å². The maximum atomic E-state index is 6.19. The van der Waals surface area contributed by atoms with Gasteiger partial charge in [-0.1, -0.05) is 23.2 Å². The number of anilines is 1. The Labute approximate surface area is 134 Å². The second kappa shape index (κ2) is 6.92. The Hall–Kier alpha value is -1.58. The zero-order chi connectivity index (χ0) is 15.4. The highest BCUT2D eigenvalue weighted by molar-refractivity contribution is 6.36. The molecule has 0 saturated heterocycles. The zero-order valence-corrected chi connectivity index (χ0v) is 13.6. The van der Waals surface area contributed by atoms with Gasteiger partial charge in [0.1, 0.15) is 11.5 Å². The number of hydrogen-bond acceptors (Lipinski definition) is 3. The van der Waals surface area contributed by atoms with Gasteiger partial charge in [-0.05, 0) is 43.3 Å². The van der Waals surface area contributed by atoms with Gasteiger partial charge in [0.05, 0.1) is 31.0 Å². The van der Waals surface area contributed by atoms with Crippen LogP contribution < -0.4 is 14.8 Å². The van der Waals surface area contributed by atoms with Crippen molar-refractivity contribution < 1.29 is 9.47 Å². The summed E-state index contributed by atoms with van der Waals surface area (Å²) in [5.41, 5.74) is 1.81. The summed E-state index contributed by atoms with van der Waals surface area (Å²) in [4.78, 5) is 0. The molecule has 0 aliphatic heterocycles. The van der Waals surface area contributed by atoms with E-state index in [1.54, 1.807) is 26.4 Å². The summed E-state index contributed by atoms with van der Waals surface area (Å²) >= 11 is 12.1. The lowest BCUT2D eigenvalue weighted by Crippen LogP contribution is -2.08. The van der Waals surface area contributed by atoms with Crippen molar-refractivity contribution >= 4 is 28.9 Å². The highest BCUT2D eigenvalue weighted by atomic mass is 35.5. The van der Waals surface area contributed by atoms with Gasteiger partial charge in [-0.2, -0.15) is 0 Å². The van der Waals surface area contributed by atoms with Crippen molar-refractivity contribution in [3.8, 4) is 11.5 Å². The molecular weight excluding hydrogens is 309 g/mol. The van der Waals surface area contributed by atoms with E-state index in [4.69, 9.17) is 32.7 Å². The summed E-state index contributed by atoms with van der Waals surface area (Å²) in [5, 5.41) is 4.54. The highest BCUT2D eigenvalue weighted by Crippen LogP contribution is 2.33. The molecule has 2 rings (SSSR count). The van der Waals surface area contributed by atoms with Gasteiger partial charge in [0, 0.05) is 10.6 Å². The average Bonchev–Trinajstić information content (AvgIpc) is 2.49. The largest absolute Gasteiger partial charge is 0.497 e. The number of benzene rings is 2. The van der Waals surface area contributed by atoms with E-state index in [1.807, 2.05) is 31.2 Å². The molecule has 0 bridgehead atoms. The van der Waals surface area contributed by atoms with E-state index in [9.17, 15) is 0 Å². The molecule has 5 heteroatoms. The number of nitrogens with one attached hydrogen (secondary N) is 1. The Balaban J connectivity index is 2.28. The molecule has 0 spiro atoms. The van der Waals surface area contributed by atoms with Crippen molar-refractivity contribution in [2.75, 3.05) is 19.5 Å². The van der Waals surface area contributed by atoms with Gasteiger partial charge >= 0.3 is 0 Å². The van der Waals surface area contributed by atoms with Crippen molar-refractivity contribution in [1.29, 1.82) is 0 Å². The molecule has 0 heterocycles. The number of hydrogen-bond donors (Lipinski definition) is 1. The molecule has 0 aliphatic rings. The average molecular weight is 326 g/mol. The summed E-state index contributed by atoms with van der Waals surface area (Å²) in [6.07, 6.45) is 0. The Morgan fingerprint density at radius 3 is 2.38 bits per heavy atom. The second-order valence-electron chi connectivity index (χ2n) is 4.60. The van der Waals surface area contributed by atoms with Gasteiger partial charge in [-0.25, -0.2) is 0 Å². The highest BCUT2D eigenvalue weighted by Gasteiger charge is 2.14. The minimum absolute atomic E-state index is 0.00581. The van der Waals surface area contributed by atoms with Crippen LogP contribution in [-0.2, 0) is 0 Å². The van der Waals surface area contributed by atoms with Crippen LogP contribution in [0.25, 0.3) is 0 Å². The number of ether oxygens (including phenoxy) is 2. The molecule has 0 aromatic heterocycles. The number of methoxy groups -OCH3 is 2. The molecule has 0 aliphatic carbocycles. The fourth-order valence-corrected chi connectivity index (χ4v) is 2.56. The van der Waals surface area contributed by atoms with E-state index < -0.39 is 0 Å². The lowest BCUT2D eigenvalue weighted by molar-refractivity contribution is 0.397. The van der Waals surface area contributed by atoms with Crippen LogP contribution in [0.1, 0.15) is 18.5 Å². The third kappa shape index (κ3) is 3.74. The van der Waals surface area contributed by atoms with Crippen LogP contribution in [0.4, 0.5) is 5.69 Å². The van der Waals surface area contributed by atoms with E-state index in [2.05, 4.69) is 5.32 Å². The molecule has 0 amide bonds. The maximum absolute atomic E-state index is 6.19. The predicted molar refractivity (Wildman–Crippen MR) is 88.0 cm³/mol. The SMILES string of the molecule is COc1ccc(OC)c(C(C)Nc2ccc(Cl)cc2Cl)c1. The Kier molecular flexibility index (Phi) is 5.21. The fraction of sp³-hybridized carbons (Fsp3) is 0.250. The van der Waals surface area contributed by atoms with Crippen LogP contribution >= 0.6 is 23.2 Å². The molecular formula is C16H17Cl2NO2. The number of rotatable bonds is 5. The van der Waals surface area contributed by atoms with E-state index >= 15 is 0 Å². The van der Waals surface area contributed by atoms with Crippen molar-refractivity contribution in [3.05, 3.63) is 52.0 Å². The normalized spacial score (nSPS) is 11.9. The summed E-state index contributed by atoms with van der Waals surface area (Å²) in [7, 11) is 3.28. The van der Waals surface area contributed by atoms with Gasteiger partial charge in [0.25, 0.3) is 0 Å². The first-order chi connectivity index (χ1) is 10.0. The second-order valence-corrected chi connectivity index (χ2v) is 5.44.